The minimum Gasteiger partial charge on any atom is -0.341 e. The number of amides is 3. The summed E-state index contributed by atoms with van der Waals surface area (Å²) < 4.78 is 0. The van der Waals surface area contributed by atoms with E-state index in [1.54, 1.807) is 0 Å². The lowest BCUT2D eigenvalue weighted by molar-refractivity contribution is -0.121. The summed E-state index contributed by atoms with van der Waals surface area (Å²) >= 11 is 0. The standard InChI is InChI=1S/C10H20N4O2/c1-7-3-8(4-11)5-14(7)6-9(15)13-10(16)12-2/h7-8H,3-6,11H2,1-2H3,(H2,12,13,15,16). The van der Waals surface area contributed by atoms with Crippen LogP contribution in [0.1, 0.15) is 13.3 Å². The van der Waals surface area contributed by atoms with Crippen molar-refractivity contribution in [2.75, 3.05) is 26.7 Å². The summed E-state index contributed by atoms with van der Waals surface area (Å²) in [6.45, 7) is 3.81. The Kier molecular flexibility index (Phi) is 4.70. The van der Waals surface area contributed by atoms with Crippen molar-refractivity contribution in [3.8, 4) is 0 Å². The van der Waals surface area contributed by atoms with Crippen LogP contribution in [0.25, 0.3) is 0 Å². The third-order valence-electron chi connectivity index (χ3n) is 2.95. The lowest BCUT2D eigenvalue weighted by atomic mass is 10.1. The van der Waals surface area contributed by atoms with Gasteiger partial charge in [0.25, 0.3) is 0 Å². The van der Waals surface area contributed by atoms with Crippen molar-refractivity contribution in [3.63, 3.8) is 0 Å². The summed E-state index contributed by atoms with van der Waals surface area (Å²) in [5.41, 5.74) is 5.60. The van der Waals surface area contributed by atoms with Gasteiger partial charge in [-0.2, -0.15) is 0 Å². The minimum absolute atomic E-state index is 0.255. The van der Waals surface area contributed by atoms with Crippen molar-refractivity contribution in [1.29, 1.82) is 0 Å². The smallest absolute Gasteiger partial charge is 0.321 e. The Morgan fingerprint density at radius 1 is 1.50 bits per heavy atom. The van der Waals surface area contributed by atoms with E-state index in [-0.39, 0.29) is 12.5 Å². The number of hydrogen-bond donors (Lipinski definition) is 3. The largest absolute Gasteiger partial charge is 0.341 e. The van der Waals surface area contributed by atoms with Crippen LogP contribution in [0.5, 0.6) is 0 Å². The number of imide groups is 1. The molecule has 2 atom stereocenters. The molecule has 2 unspecified atom stereocenters. The molecule has 0 aromatic carbocycles. The molecule has 0 aromatic heterocycles. The van der Waals surface area contributed by atoms with E-state index in [9.17, 15) is 9.59 Å². The van der Waals surface area contributed by atoms with Gasteiger partial charge < -0.3 is 11.1 Å². The summed E-state index contributed by atoms with van der Waals surface area (Å²) in [6, 6.07) is -0.115. The Morgan fingerprint density at radius 2 is 2.19 bits per heavy atom. The average molecular weight is 228 g/mol. The summed E-state index contributed by atoms with van der Waals surface area (Å²) in [5.74, 6) is 0.187. The topological polar surface area (TPSA) is 87.5 Å². The average Bonchev–Trinajstić information content (AvgIpc) is 2.59. The van der Waals surface area contributed by atoms with Crippen molar-refractivity contribution >= 4 is 11.9 Å². The van der Waals surface area contributed by atoms with Gasteiger partial charge in [-0.15, -0.1) is 0 Å². The maximum absolute atomic E-state index is 11.5. The van der Waals surface area contributed by atoms with Gasteiger partial charge in [0.05, 0.1) is 6.54 Å². The van der Waals surface area contributed by atoms with Crippen LogP contribution in [-0.4, -0.2) is 49.6 Å². The highest BCUT2D eigenvalue weighted by Gasteiger charge is 2.29. The first-order valence-electron chi connectivity index (χ1n) is 5.52. The van der Waals surface area contributed by atoms with E-state index in [1.165, 1.54) is 7.05 Å². The van der Waals surface area contributed by atoms with Crippen LogP contribution in [-0.2, 0) is 4.79 Å². The van der Waals surface area contributed by atoms with Gasteiger partial charge in [-0.3, -0.25) is 15.0 Å². The van der Waals surface area contributed by atoms with E-state index < -0.39 is 6.03 Å². The fourth-order valence-electron chi connectivity index (χ4n) is 2.02. The number of nitrogens with two attached hydrogens (primary N) is 1. The normalized spacial score (nSPS) is 25.4. The van der Waals surface area contributed by atoms with Gasteiger partial charge in [0.1, 0.15) is 0 Å². The molecule has 1 aliphatic rings. The molecule has 1 aliphatic heterocycles. The lowest BCUT2D eigenvalue weighted by Gasteiger charge is -2.19. The Hall–Kier alpha value is -1.14. The number of likely N-dealkylation sites (tertiary alicyclic amines) is 1. The zero-order valence-corrected chi connectivity index (χ0v) is 9.82. The number of nitrogens with one attached hydrogen (secondary N) is 2. The van der Waals surface area contributed by atoms with Crippen molar-refractivity contribution in [2.24, 2.45) is 11.7 Å². The summed E-state index contributed by atoms with van der Waals surface area (Å²) in [7, 11) is 1.48. The second kappa shape index (κ2) is 5.81. The maximum Gasteiger partial charge on any atom is 0.321 e. The first kappa shape index (κ1) is 12.9. The Morgan fingerprint density at radius 3 is 2.69 bits per heavy atom. The molecule has 1 rings (SSSR count). The van der Waals surface area contributed by atoms with Gasteiger partial charge in [0, 0.05) is 19.6 Å². The summed E-state index contributed by atoms with van der Waals surface area (Å²) in [6.07, 6.45) is 1.02. The molecular weight excluding hydrogens is 208 g/mol. The fraction of sp³-hybridized carbons (Fsp3) is 0.800. The molecule has 1 heterocycles. The van der Waals surface area contributed by atoms with Gasteiger partial charge >= 0.3 is 6.03 Å². The molecule has 6 nitrogen and oxygen atoms in total. The molecule has 16 heavy (non-hydrogen) atoms. The van der Waals surface area contributed by atoms with Crippen molar-refractivity contribution < 1.29 is 9.59 Å². The van der Waals surface area contributed by atoms with Crippen LogP contribution < -0.4 is 16.4 Å². The van der Waals surface area contributed by atoms with Crippen molar-refractivity contribution in [2.45, 2.75) is 19.4 Å². The van der Waals surface area contributed by atoms with E-state index in [2.05, 4.69) is 22.5 Å². The van der Waals surface area contributed by atoms with Gasteiger partial charge in [-0.25, -0.2) is 4.79 Å². The van der Waals surface area contributed by atoms with Gasteiger partial charge in [0.15, 0.2) is 0 Å². The number of carbonyl (C=O) groups excluding carboxylic acids is 2. The van der Waals surface area contributed by atoms with Gasteiger partial charge in [-0.05, 0) is 25.8 Å². The van der Waals surface area contributed by atoms with Crippen molar-refractivity contribution in [3.05, 3.63) is 0 Å². The van der Waals surface area contributed by atoms with Crippen LogP contribution in [0, 0.1) is 5.92 Å². The number of carbonyl (C=O) groups is 2. The first-order chi connectivity index (χ1) is 7.56. The predicted molar refractivity (Wildman–Crippen MR) is 60.8 cm³/mol. The zero-order chi connectivity index (χ0) is 12.1. The van der Waals surface area contributed by atoms with E-state index in [0.717, 1.165) is 13.0 Å². The molecule has 0 bridgehead atoms. The second-order valence-corrected chi connectivity index (χ2v) is 4.24. The molecular formula is C10H20N4O2. The Labute approximate surface area is 95.5 Å². The molecule has 0 aliphatic carbocycles. The van der Waals surface area contributed by atoms with Crippen LogP contribution in [0.15, 0.2) is 0 Å². The molecule has 4 N–H and O–H groups in total. The Bertz CT molecular complexity index is 270. The van der Waals surface area contributed by atoms with Crippen LogP contribution in [0.4, 0.5) is 4.79 Å². The molecule has 3 amide bonds. The lowest BCUT2D eigenvalue weighted by Crippen LogP contribution is -2.44. The highest BCUT2D eigenvalue weighted by atomic mass is 16.2. The molecule has 6 heteroatoms. The van der Waals surface area contributed by atoms with E-state index in [1.807, 2.05) is 0 Å². The van der Waals surface area contributed by atoms with Crippen LogP contribution in [0.3, 0.4) is 0 Å². The molecule has 0 aromatic rings. The number of rotatable bonds is 3. The fourth-order valence-corrected chi connectivity index (χ4v) is 2.02. The Balaban J connectivity index is 2.37. The predicted octanol–water partition coefficient (Wildman–Crippen LogP) is -0.889. The highest BCUT2D eigenvalue weighted by Crippen LogP contribution is 2.21. The maximum atomic E-state index is 11.5. The van der Waals surface area contributed by atoms with Crippen LogP contribution >= 0.6 is 0 Å². The van der Waals surface area contributed by atoms with Gasteiger partial charge in [-0.1, -0.05) is 0 Å². The minimum atomic E-state index is -0.466. The second-order valence-electron chi connectivity index (χ2n) is 4.24. The van der Waals surface area contributed by atoms with Crippen LogP contribution in [0.2, 0.25) is 0 Å². The molecule has 1 fully saturated rings. The molecule has 92 valence electrons. The monoisotopic (exact) mass is 228 g/mol. The third kappa shape index (κ3) is 3.46. The number of urea groups is 1. The molecule has 0 saturated carbocycles. The summed E-state index contributed by atoms with van der Waals surface area (Å²) in [5, 5.41) is 4.59. The zero-order valence-electron chi connectivity index (χ0n) is 9.82. The molecule has 0 radical (unpaired) electrons. The van der Waals surface area contributed by atoms with Gasteiger partial charge in [0.2, 0.25) is 5.91 Å². The number of hydrogen-bond acceptors (Lipinski definition) is 4. The highest BCUT2D eigenvalue weighted by molar-refractivity contribution is 5.95. The molecule has 0 spiro atoms. The van der Waals surface area contributed by atoms with E-state index in [0.29, 0.717) is 18.5 Å². The van der Waals surface area contributed by atoms with E-state index >= 15 is 0 Å². The van der Waals surface area contributed by atoms with E-state index in [4.69, 9.17) is 5.73 Å². The summed E-state index contributed by atoms with van der Waals surface area (Å²) in [4.78, 5) is 24.4. The first-order valence-corrected chi connectivity index (χ1v) is 5.52. The third-order valence-corrected chi connectivity index (χ3v) is 2.95. The number of nitrogens with zero attached hydrogens (tertiary/aromatic N) is 1. The molecule has 1 saturated heterocycles. The quantitative estimate of drug-likeness (QED) is 0.585. The van der Waals surface area contributed by atoms with Crippen molar-refractivity contribution in [1.82, 2.24) is 15.5 Å². The SMILES string of the molecule is CNC(=O)NC(=O)CN1CC(CN)CC1C.